The molecule has 0 aliphatic heterocycles. The number of hydrogen-bond acceptors (Lipinski definition) is 2. The van der Waals surface area contributed by atoms with Gasteiger partial charge in [0.1, 0.15) is 0 Å². The van der Waals surface area contributed by atoms with Crippen molar-refractivity contribution in [3.05, 3.63) is 35.4 Å². The Hall–Kier alpha value is -0.860. The van der Waals surface area contributed by atoms with Gasteiger partial charge in [-0.3, -0.25) is 0 Å². The van der Waals surface area contributed by atoms with Crippen molar-refractivity contribution < 1.29 is 4.74 Å². The molecule has 0 spiro atoms. The van der Waals surface area contributed by atoms with Gasteiger partial charge in [-0.15, -0.1) is 0 Å². The van der Waals surface area contributed by atoms with Crippen molar-refractivity contribution >= 4 is 0 Å². The summed E-state index contributed by atoms with van der Waals surface area (Å²) in [5.74, 6) is 0. The van der Waals surface area contributed by atoms with Crippen LogP contribution in [-0.2, 0) is 11.2 Å². The van der Waals surface area contributed by atoms with Crippen LogP contribution in [-0.4, -0.2) is 18.8 Å². The zero-order chi connectivity index (χ0) is 12.0. The first kappa shape index (κ1) is 13.2. The SMILES string of the molecule is Cc1ccc(CCC(N)COC(C)C)cc1. The second-order valence-electron chi connectivity index (χ2n) is 4.67. The van der Waals surface area contributed by atoms with Crippen molar-refractivity contribution in [1.82, 2.24) is 0 Å². The molecule has 1 aromatic rings. The number of aryl methyl sites for hydroxylation is 2. The van der Waals surface area contributed by atoms with Crippen LogP contribution in [0.4, 0.5) is 0 Å². The van der Waals surface area contributed by atoms with Gasteiger partial charge in [-0.1, -0.05) is 29.8 Å². The zero-order valence-electron chi connectivity index (χ0n) is 10.6. The van der Waals surface area contributed by atoms with Crippen molar-refractivity contribution in [3.8, 4) is 0 Å². The maximum Gasteiger partial charge on any atom is 0.0621 e. The summed E-state index contributed by atoms with van der Waals surface area (Å²) in [5, 5.41) is 0. The van der Waals surface area contributed by atoms with Crippen LogP contribution in [0.3, 0.4) is 0 Å². The summed E-state index contributed by atoms with van der Waals surface area (Å²) in [6.07, 6.45) is 2.28. The lowest BCUT2D eigenvalue weighted by Crippen LogP contribution is -2.28. The number of hydrogen-bond donors (Lipinski definition) is 1. The molecule has 2 heteroatoms. The lowest BCUT2D eigenvalue weighted by molar-refractivity contribution is 0.0670. The first-order valence-electron chi connectivity index (χ1n) is 6.00. The van der Waals surface area contributed by atoms with Crippen molar-refractivity contribution in [2.24, 2.45) is 5.73 Å². The molecule has 16 heavy (non-hydrogen) atoms. The van der Waals surface area contributed by atoms with Gasteiger partial charge in [-0.25, -0.2) is 0 Å². The van der Waals surface area contributed by atoms with Crippen LogP contribution >= 0.6 is 0 Å². The van der Waals surface area contributed by atoms with Gasteiger partial charge in [-0.2, -0.15) is 0 Å². The minimum atomic E-state index is 0.142. The molecule has 2 N–H and O–H groups in total. The molecule has 1 aromatic carbocycles. The largest absolute Gasteiger partial charge is 0.377 e. The molecule has 0 aliphatic rings. The highest BCUT2D eigenvalue weighted by atomic mass is 16.5. The molecular weight excluding hydrogens is 198 g/mol. The van der Waals surface area contributed by atoms with Crippen LogP contribution in [0, 0.1) is 6.92 Å². The molecule has 1 atom stereocenters. The smallest absolute Gasteiger partial charge is 0.0621 e. The first-order chi connectivity index (χ1) is 7.58. The lowest BCUT2D eigenvalue weighted by Gasteiger charge is -2.14. The summed E-state index contributed by atoms with van der Waals surface area (Å²) in [6.45, 7) is 6.83. The van der Waals surface area contributed by atoms with E-state index < -0.39 is 0 Å². The highest BCUT2D eigenvalue weighted by molar-refractivity contribution is 5.21. The van der Waals surface area contributed by atoms with Gasteiger partial charge in [0.15, 0.2) is 0 Å². The van der Waals surface area contributed by atoms with Gasteiger partial charge in [0, 0.05) is 6.04 Å². The van der Waals surface area contributed by atoms with Gasteiger partial charge in [0.05, 0.1) is 12.7 Å². The summed E-state index contributed by atoms with van der Waals surface area (Å²) < 4.78 is 5.49. The number of rotatable bonds is 6. The predicted octanol–water partition coefficient (Wildman–Crippen LogP) is 2.68. The van der Waals surface area contributed by atoms with E-state index in [4.69, 9.17) is 10.5 Å². The van der Waals surface area contributed by atoms with Crippen molar-refractivity contribution in [2.45, 2.75) is 45.8 Å². The van der Waals surface area contributed by atoms with Crippen molar-refractivity contribution in [2.75, 3.05) is 6.61 Å². The van der Waals surface area contributed by atoms with E-state index in [1.54, 1.807) is 0 Å². The zero-order valence-corrected chi connectivity index (χ0v) is 10.6. The molecule has 1 rings (SSSR count). The highest BCUT2D eigenvalue weighted by Crippen LogP contribution is 2.07. The number of ether oxygens (including phenoxy) is 1. The summed E-state index contributed by atoms with van der Waals surface area (Å²) in [5.41, 5.74) is 8.63. The highest BCUT2D eigenvalue weighted by Gasteiger charge is 2.04. The summed E-state index contributed by atoms with van der Waals surface area (Å²) in [6, 6.07) is 8.77. The average molecular weight is 221 g/mol. The molecular formula is C14H23NO. The van der Waals surface area contributed by atoms with Gasteiger partial charge >= 0.3 is 0 Å². The standard InChI is InChI=1S/C14H23NO/c1-11(2)16-10-14(15)9-8-13-6-4-12(3)5-7-13/h4-7,11,14H,8-10,15H2,1-3H3. The van der Waals surface area contributed by atoms with E-state index in [1.165, 1.54) is 11.1 Å². The first-order valence-corrected chi connectivity index (χ1v) is 6.00. The Morgan fingerprint density at radius 2 is 1.81 bits per heavy atom. The molecule has 0 saturated carbocycles. The van der Waals surface area contributed by atoms with Crippen LogP contribution in [0.25, 0.3) is 0 Å². The quantitative estimate of drug-likeness (QED) is 0.801. The Morgan fingerprint density at radius 3 is 2.38 bits per heavy atom. The molecule has 0 amide bonds. The molecule has 90 valence electrons. The van der Waals surface area contributed by atoms with Crippen molar-refractivity contribution in [1.29, 1.82) is 0 Å². The third-order valence-electron chi connectivity index (χ3n) is 2.57. The molecule has 0 fully saturated rings. The topological polar surface area (TPSA) is 35.2 Å². The number of nitrogens with two attached hydrogens (primary N) is 1. The molecule has 0 heterocycles. The Balaban J connectivity index is 2.26. The molecule has 0 aromatic heterocycles. The Labute approximate surface area is 98.8 Å². The summed E-state index contributed by atoms with van der Waals surface area (Å²) >= 11 is 0. The van der Waals surface area contributed by atoms with Crippen LogP contribution in [0.5, 0.6) is 0 Å². The fraction of sp³-hybridized carbons (Fsp3) is 0.571. The van der Waals surface area contributed by atoms with E-state index in [-0.39, 0.29) is 12.1 Å². The summed E-state index contributed by atoms with van der Waals surface area (Å²) in [4.78, 5) is 0. The monoisotopic (exact) mass is 221 g/mol. The Bertz CT molecular complexity index is 292. The van der Waals surface area contributed by atoms with Crippen LogP contribution < -0.4 is 5.73 Å². The summed E-state index contributed by atoms with van der Waals surface area (Å²) in [7, 11) is 0. The lowest BCUT2D eigenvalue weighted by atomic mass is 10.0. The fourth-order valence-electron chi connectivity index (χ4n) is 1.51. The molecule has 1 unspecified atom stereocenters. The normalized spacial score (nSPS) is 13.1. The van der Waals surface area contributed by atoms with E-state index >= 15 is 0 Å². The van der Waals surface area contributed by atoms with Crippen molar-refractivity contribution in [3.63, 3.8) is 0 Å². The predicted molar refractivity (Wildman–Crippen MR) is 68.6 cm³/mol. The molecule has 0 bridgehead atoms. The third-order valence-corrected chi connectivity index (χ3v) is 2.57. The van der Waals surface area contributed by atoms with E-state index in [1.807, 2.05) is 13.8 Å². The average Bonchev–Trinajstić information content (AvgIpc) is 2.25. The van der Waals surface area contributed by atoms with Crippen LogP contribution in [0.15, 0.2) is 24.3 Å². The van der Waals surface area contributed by atoms with Gasteiger partial charge in [0.25, 0.3) is 0 Å². The molecule has 0 radical (unpaired) electrons. The van der Waals surface area contributed by atoms with Crippen LogP contribution in [0.2, 0.25) is 0 Å². The second kappa shape index (κ2) is 6.66. The molecule has 2 nitrogen and oxygen atoms in total. The van der Waals surface area contributed by atoms with Crippen LogP contribution in [0.1, 0.15) is 31.4 Å². The van der Waals surface area contributed by atoms with E-state index in [2.05, 4.69) is 31.2 Å². The Kier molecular flexibility index (Phi) is 5.50. The minimum Gasteiger partial charge on any atom is -0.377 e. The van der Waals surface area contributed by atoms with E-state index in [0.29, 0.717) is 6.61 Å². The fourth-order valence-corrected chi connectivity index (χ4v) is 1.51. The number of benzene rings is 1. The van der Waals surface area contributed by atoms with E-state index in [0.717, 1.165) is 12.8 Å². The second-order valence-corrected chi connectivity index (χ2v) is 4.67. The molecule has 0 saturated heterocycles. The minimum absolute atomic E-state index is 0.142. The van der Waals surface area contributed by atoms with Gasteiger partial charge < -0.3 is 10.5 Å². The third kappa shape index (κ3) is 5.29. The van der Waals surface area contributed by atoms with Gasteiger partial charge in [-0.05, 0) is 39.2 Å². The molecule has 0 aliphatic carbocycles. The maximum absolute atomic E-state index is 5.97. The van der Waals surface area contributed by atoms with E-state index in [9.17, 15) is 0 Å². The van der Waals surface area contributed by atoms with Gasteiger partial charge in [0.2, 0.25) is 0 Å². The Morgan fingerprint density at radius 1 is 1.19 bits per heavy atom. The maximum atomic E-state index is 5.97.